The Hall–Kier alpha value is -2.89. The first-order valence-electron chi connectivity index (χ1n) is 10.0. The number of hydrogen-bond acceptors (Lipinski definition) is 3. The smallest absolute Gasteiger partial charge is 0.253 e. The van der Waals surface area contributed by atoms with Crippen LogP contribution in [-0.4, -0.2) is 43.5 Å². The van der Waals surface area contributed by atoms with Gasteiger partial charge in [-0.15, -0.1) is 0 Å². The van der Waals surface area contributed by atoms with Crippen LogP contribution in [0.4, 0.5) is 0 Å². The lowest BCUT2D eigenvalue weighted by molar-refractivity contribution is 0.0684. The molecule has 28 heavy (non-hydrogen) atoms. The lowest BCUT2D eigenvalue weighted by Gasteiger charge is -2.32. The van der Waals surface area contributed by atoms with Gasteiger partial charge in [-0.05, 0) is 75.4 Å². The van der Waals surface area contributed by atoms with Gasteiger partial charge in [-0.3, -0.25) is 9.48 Å². The summed E-state index contributed by atoms with van der Waals surface area (Å²) in [4.78, 5) is 14.8. The normalized spacial score (nSPS) is 15.1. The zero-order chi connectivity index (χ0) is 19.5. The van der Waals surface area contributed by atoms with Crippen LogP contribution in [0.15, 0.2) is 48.8 Å². The van der Waals surface area contributed by atoms with E-state index in [0.717, 1.165) is 61.5 Å². The molecule has 3 aromatic rings. The molecule has 1 saturated heterocycles. The summed E-state index contributed by atoms with van der Waals surface area (Å²) in [5.74, 6) is 0.798. The van der Waals surface area contributed by atoms with E-state index >= 15 is 0 Å². The molecule has 1 amide bonds. The fourth-order valence-electron chi connectivity index (χ4n) is 3.99. The van der Waals surface area contributed by atoms with Crippen molar-refractivity contribution >= 4 is 5.91 Å². The average Bonchev–Trinajstić information content (AvgIpc) is 3.35. The van der Waals surface area contributed by atoms with Crippen LogP contribution in [0, 0.1) is 19.8 Å². The number of carbonyl (C=O) groups is 1. The lowest BCUT2D eigenvalue weighted by atomic mass is 9.93. The first kappa shape index (κ1) is 18.5. The Bertz CT molecular complexity index is 919. The van der Waals surface area contributed by atoms with Crippen molar-refractivity contribution in [2.24, 2.45) is 5.92 Å². The van der Waals surface area contributed by atoms with Gasteiger partial charge in [0.2, 0.25) is 0 Å². The van der Waals surface area contributed by atoms with E-state index < -0.39 is 0 Å². The third-order valence-electron chi connectivity index (χ3n) is 5.60. The molecule has 6 nitrogen and oxygen atoms in total. The van der Waals surface area contributed by atoms with Crippen molar-refractivity contribution in [3.63, 3.8) is 0 Å². The molecule has 0 unspecified atom stereocenters. The molecule has 0 spiro atoms. The highest BCUT2D eigenvalue weighted by Gasteiger charge is 2.23. The Morgan fingerprint density at radius 2 is 1.89 bits per heavy atom. The van der Waals surface area contributed by atoms with Crippen LogP contribution in [0.25, 0.3) is 5.69 Å². The molecule has 1 aliphatic heterocycles. The Morgan fingerprint density at radius 3 is 2.50 bits per heavy atom. The van der Waals surface area contributed by atoms with Crippen molar-refractivity contribution in [2.45, 2.75) is 39.7 Å². The van der Waals surface area contributed by atoms with Gasteiger partial charge in [-0.2, -0.15) is 10.2 Å². The van der Waals surface area contributed by atoms with Gasteiger partial charge in [0, 0.05) is 43.3 Å². The Labute approximate surface area is 165 Å². The van der Waals surface area contributed by atoms with E-state index in [4.69, 9.17) is 0 Å². The van der Waals surface area contributed by atoms with Gasteiger partial charge in [0.15, 0.2) is 0 Å². The van der Waals surface area contributed by atoms with Crippen LogP contribution in [0.1, 0.15) is 41.0 Å². The van der Waals surface area contributed by atoms with Gasteiger partial charge in [0.05, 0.1) is 11.4 Å². The van der Waals surface area contributed by atoms with E-state index in [1.165, 1.54) is 0 Å². The largest absolute Gasteiger partial charge is 0.339 e. The standard InChI is InChI=1S/C22H27N5O/c1-17-16-18(2)27(24-17)21-6-4-20(5-7-21)22(28)25-13-8-19(9-14-25)10-15-26-12-3-11-23-26/h3-7,11-12,16,19H,8-10,13-15H2,1-2H3. The molecule has 146 valence electrons. The zero-order valence-electron chi connectivity index (χ0n) is 16.6. The van der Waals surface area contributed by atoms with Gasteiger partial charge in [-0.1, -0.05) is 0 Å². The van der Waals surface area contributed by atoms with Crippen LogP contribution in [0.3, 0.4) is 0 Å². The summed E-state index contributed by atoms with van der Waals surface area (Å²) in [5.41, 5.74) is 3.82. The number of hydrogen-bond donors (Lipinski definition) is 0. The summed E-state index contributed by atoms with van der Waals surface area (Å²) in [5, 5.41) is 8.77. The summed E-state index contributed by atoms with van der Waals surface area (Å²) < 4.78 is 3.90. The van der Waals surface area contributed by atoms with Crippen molar-refractivity contribution in [3.05, 3.63) is 65.7 Å². The van der Waals surface area contributed by atoms with E-state index in [2.05, 4.69) is 16.3 Å². The Morgan fingerprint density at radius 1 is 1.14 bits per heavy atom. The first-order chi connectivity index (χ1) is 13.6. The van der Waals surface area contributed by atoms with Crippen LogP contribution in [-0.2, 0) is 6.54 Å². The number of nitrogens with zero attached hydrogens (tertiary/aromatic N) is 5. The molecule has 0 saturated carbocycles. The third-order valence-corrected chi connectivity index (χ3v) is 5.60. The topological polar surface area (TPSA) is 56.0 Å². The summed E-state index contributed by atoms with van der Waals surface area (Å²) in [6.07, 6.45) is 7.09. The number of aromatic nitrogens is 4. The molecule has 0 bridgehead atoms. The molecule has 0 N–H and O–H groups in total. The van der Waals surface area contributed by atoms with Crippen molar-refractivity contribution in [3.8, 4) is 5.69 Å². The summed E-state index contributed by atoms with van der Waals surface area (Å²) >= 11 is 0. The third kappa shape index (κ3) is 4.01. The molecule has 1 aliphatic rings. The van der Waals surface area contributed by atoms with Crippen molar-refractivity contribution in [1.82, 2.24) is 24.5 Å². The van der Waals surface area contributed by atoms with E-state index in [1.807, 2.05) is 70.8 Å². The molecule has 1 aromatic carbocycles. The van der Waals surface area contributed by atoms with Crippen LogP contribution >= 0.6 is 0 Å². The number of benzene rings is 1. The monoisotopic (exact) mass is 377 g/mol. The minimum absolute atomic E-state index is 0.130. The predicted octanol–water partition coefficient (Wildman–Crippen LogP) is 3.63. The van der Waals surface area contributed by atoms with Crippen LogP contribution in [0.2, 0.25) is 0 Å². The molecule has 0 radical (unpaired) electrons. The fourth-order valence-corrected chi connectivity index (χ4v) is 3.99. The molecule has 6 heteroatoms. The molecule has 1 fully saturated rings. The van der Waals surface area contributed by atoms with E-state index in [-0.39, 0.29) is 5.91 Å². The second kappa shape index (κ2) is 8.00. The summed E-state index contributed by atoms with van der Waals surface area (Å²) in [6, 6.07) is 11.8. The van der Waals surface area contributed by atoms with Gasteiger partial charge in [-0.25, -0.2) is 4.68 Å². The highest BCUT2D eigenvalue weighted by Crippen LogP contribution is 2.23. The molecule has 0 aliphatic carbocycles. The quantitative estimate of drug-likeness (QED) is 0.682. The number of carbonyl (C=O) groups excluding carboxylic acids is 1. The van der Waals surface area contributed by atoms with Gasteiger partial charge < -0.3 is 4.90 Å². The van der Waals surface area contributed by atoms with Gasteiger partial charge in [0.25, 0.3) is 5.91 Å². The van der Waals surface area contributed by atoms with Crippen molar-refractivity contribution < 1.29 is 4.79 Å². The van der Waals surface area contributed by atoms with Crippen LogP contribution < -0.4 is 0 Å². The number of amides is 1. The SMILES string of the molecule is Cc1cc(C)n(-c2ccc(C(=O)N3CCC(CCn4cccn4)CC3)cc2)n1. The van der Waals surface area contributed by atoms with E-state index in [1.54, 1.807) is 0 Å². The molecule has 0 atom stereocenters. The minimum atomic E-state index is 0.130. The number of rotatable bonds is 5. The summed E-state index contributed by atoms with van der Waals surface area (Å²) in [6.45, 7) is 6.65. The molecule has 4 rings (SSSR count). The molecular weight excluding hydrogens is 350 g/mol. The van der Waals surface area contributed by atoms with E-state index in [0.29, 0.717) is 5.92 Å². The molecule has 2 aromatic heterocycles. The molecule has 3 heterocycles. The second-order valence-corrected chi connectivity index (χ2v) is 7.68. The maximum Gasteiger partial charge on any atom is 0.253 e. The second-order valence-electron chi connectivity index (χ2n) is 7.68. The number of likely N-dealkylation sites (tertiary alicyclic amines) is 1. The average molecular weight is 377 g/mol. The summed E-state index contributed by atoms with van der Waals surface area (Å²) in [7, 11) is 0. The zero-order valence-corrected chi connectivity index (χ0v) is 16.6. The minimum Gasteiger partial charge on any atom is -0.339 e. The predicted molar refractivity (Wildman–Crippen MR) is 109 cm³/mol. The Kier molecular flexibility index (Phi) is 5.28. The van der Waals surface area contributed by atoms with Gasteiger partial charge in [0.1, 0.15) is 0 Å². The maximum absolute atomic E-state index is 12.9. The molecular formula is C22H27N5O. The van der Waals surface area contributed by atoms with Crippen LogP contribution in [0.5, 0.6) is 0 Å². The number of aryl methyl sites for hydroxylation is 3. The van der Waals surface area contributed by atoms with Crippen molar-refractivity contribution in [2.75, 3.05) is 13.1 Å². The van der Waals surface area contributed by atoms with Crippen molar-refractivity contribution in [1.29, 1.82) is 0 Å². The fraction of sp³-hybridized carbons (Fsp3) is 0.409. The highest BCUT2D eigenvalue weighted by molar-refractivity contribution is 5.94. The van der Waals surface area contributed by atoms with E-state index in [9.17, 15) is 4.79 Å². The lowest BCUT2D eigenvalue weighted by Crippen LogP contribution is -2.38. The first-order valence-corrected chi connectivity index (χ1v) is 10.0. The highest BCUT2D eigenvalue weighted by atomic mass is 16.2. The van der Waals surface area contributed by atoms with Gasteiger partial charge >= 0.3 is 0 Å². The number of piperidine rings is 1. The Balaban J connectivity index is 1.33. The maximum atomic E-state index is 12.9.